The maximum absolute atomic E-state index is 12.0. The lowest BCUT2D eigenvalue weighted by molar-refractivity contribution is 0.200. The van der Waals surface area contributed by atoms with Crippen molar-refractivity contribution in [1.29, 1.82) is 0 Å². The first kappa shape index (κ1) is 21.6. The summed E-state index contributed by atoms with van der Waals surface area (Å²) in [5.74, 6) is 1.73. The fourth-order valence-electron chi connectivity index (χ4n) is 3.08. The summed E-state index contributed by atoms with van der Waals surface area (Å²) in [6.45, 7) is 1.25. The number of nitrogens with zero attached hydrogens (tertiary/aromatic N) is 3. The Morgan fingerprint density at radius 3 is 2.88 bits per heavy atom. The number of hydrogen-bond acceptors (Lipinski definition) is 8. The number of H-pyrrole nitrogens is 1. The first-order valence-electron chi connectivity index (χ1n) is 9.93. The Labute approximate surface area is 189 Å². The van der Waals surface area contributed by atoms with Crippen LogP contribution in [0.5, 0.6) is 10.8 Å². The van der Waals surface area contributed by atoms with Crippen LogP contribution < -0.4 is 20.5 Å². The van der Waals surface area contributed by atoms with Crippen LogP contribution in [-0.2, 0) is 0 Å². The van der Waals surface area contributed by atoms with Gasteiger partial charge in [-0.2, -0.15) is 0 Å². The summed E-state index contributed by atoms with van der Waals surface area (Å²) in [4.78, 5) is 27.1. The van der Waals surface area contributed by atoms with E-state index in [2.05, 4.69) is 20.3 Å². The number of amides is 1. The van der Waals surface area contributed by atoms with Crippen LogP contribution in [0, 0.1) is 0 Å². The topological polar surface area (TPSA) is 118 Å². The van der Waals surface area contributed by atoms with Crippen molar-refractivity contribution in [1.82, 2.24) is 25.2 Å². The van der Waals surface area contributed by atoms with Crippen LogP contribution in [0.1, 0.15) is 0 Å². The fraction of sp³-hybridized carbons (Fsp3) is 0.227. The number of carbonyl (C=O) groups excluding carboxylic acids is 1. The second-order valence-electron chi connectivity index (χ2n) is 7.36. The Bertz CT molecular complexity index is 1250. The smallest absolute Gasteiger partial charge is 0.413 e. The number of imidazole rings is 1. The van der Waals surface area contributed by atoms with Crippen LogP contribution >= 0.6 is 11.3 Å². The van der Waals surface area contributed by atoms with Gasteiger partial charge in [0.1, 0.15) is 17.4 Å². The van der Waals surface area contributed by atoms with Gasteiger partial charge in [-0.3, -0.25) is 0 Å². The first-order chi connectivity index (χ1) is 15.4. The van der Waals surface area contributed by atoms with Gasteiger partial charge in [0.05, 0.1) is 23.7 Å². The lowest BCUT2D eigenvalue weighted by Crippen LogP contribution is -2.33. The summed E-state index contributed by atoms with van der Waals surface area (Å²) in [5.41, 5.74) is 9.33. The molecule has 4 aromatic rings. The number of likely N-dealkylation sites (N-methyl/N-ethyl adjacent to an activating group) is 1. The second-order valence-corrected chi connectivity index (χ2v) is 8.41. The molecule has 3 aromatic heterocycles. The zero-order valence-electron chi connectivity index (χ0n) is 18.0. The van der Waals surface area contributed by atoms with E-state index in [1.165, 1.54) is 11.3 Å². The molecule has 0 aliphatic rings. The number of fused-ring (bicyclic) bond motifs is 1. The van der Waals surface area contributed by atoms with Crippen molar-refractivity contribution in [2.45, 2.75) is 0 Å². The van der Waals surface area contributed by atoms with Gasteiger partial charge < -0.3 is 30.4 Å². The number of rotatable bonds is 7. The molecule has 0 fully saturated rings. The predicted molar refractivity (Wildman–Crippen MR) is 126 cm³/mol. The molecule has 10 heteroatoms. The molecule has 0 unspecified atom stereocenters. The van der Waals surface area contributed by atoms with E-state index in [-0.39, 0.29) is 0 Å². The van der Waals surface area contributed by atoms with E-state index in [0.29, 0.717) is 28.8 Å². The number of ether oxygens (including phenoxy) is 2. The van der Waals surface area contributed by atoms with Crippen LogP contribution in [0.4, 0.5) is 10.6 Å². The van der Waals surface area contributed by atoms with E-state index in [1.54, 1.807) is 19.4 Å². The Balaban J connectivity index is 1.54. The number of methoxy groups -OCH3 is 1. The van der Waals surface area contributed by atoms with Crippen molar-refractivity contribution >= 4 is 34.3 Å². The third kappa shape index (κ3) is 4.82. The molecule has 9 nitrogen and oxygen atoms in total. The fourth-order valence-corrected chi connectivity index (χ4v) is 3.92. The quantitative estimate of drug-likeness (QED) is 0.392. The van der Waals surface area contributed by atoms with Gasteiger partial charge in [0.15, 0.2) is 5.06 Å². The number of hydrogen-bond donors (Lipinski definition) is 3. The molecule has 0 aliphatic carbocycles. The van der Waals surface area contributed by atoms with Gasteiger partial charge in [-0.05, 0) is 44.4 Å². The molecule has 0 bridgehead atoms. The zero-order valence-corrected chi connectivity index (χ0v) is 18.8. The Morgan fingerprint density at radius 2 is 2.09 bits per heavy atom. The molecular weight excluding hydrogens is 428 g/mol. The largest absolute Gasteiger partial charge is 0.497 e. The number of aromatic amines is 1. The molecule has 0 radical (unpaired) electrons. The van der Waals surface area contributed by atoms with Gasteiger partial charge in [-0.15, -0.1) is 0 Å². The summed E-state index contributed by atoms with van der Waals surface area (Å²) < 4.78 is 10.6. The molecule has 0 saturated carbocycles. The van der Waals surface area contributed by atoms with Crippen LogP contribution in [0.15, 0.2) is 42.6 Å². The molecular formula is C22H24N6O3S. The number of carbonyl (C=O) groups is 1. The average Bonchev–Trinajstić information content (AvgIpc) is 3.40. The lowest BCUT2D eigenvalue weighted by atomic mass is 10.1. The van der Waals surface area contributed by atoms with Crippen LogP contribution in [0.25, 0.3) is 32.9 Å². The third-order valence-corrected chi connectivity index (χ3v) is 5.76. The minimum Gasteiger partial charge on any atom is -0.497 e. The van der Waals surface area contributed by atoms with Gasteiger partial charge in [-0.1, -0.05) is 11.3 Å². The van der Waals surface area contributed by atoms with Crippen molar-refractivity contribution in [2.24, 2.45) is 0 Å². The summed E-state index contributed by atoms with van der Waals surface area (Å²) in [5, 5.41) is 3.22. The lowest BCUT2D eigenvalue weighted by Gasteiger charge is -2.09. The molecule has 0 spiro atoms. The van der Waals surface area contributed by atoms with Crippen molar-refractivity contribution < 1.29 is 14.3 Å². The van der Waals surface area contributed by atoms with Gasteiger partial charge in [0.2, 0.25) is 0 Å². The minimum absolute atomic E-state index is 0.369. The number of nitrogens with two attached hydrogens (primary N) is 1. The summed E-state index contributed by atoms with van der Waals surface area (Å²) in [7, 11) is 5.50. The van der Waals surface area contributed by atoms with Crippen molar-refractivity contribution in [3.8, 4) is 32.6 Å². The number of benzene rings is 1. The number of anilines is 1. The second kappa shape index (κ2) is 9.25. The molecule has 1 aromatic carbocycles. The number of pyridine rings is 1. The molecule has 0 atom stereocenters. The van der Waals surface area contributed by atoms with Gasteiger partial charge in [-0.25, -0.2) is 14.8 Å². The highest BCUT2D eigenvalue weighted by molar-refractivity contribution is 7.17. The normalized spacial score (nSPS) is 11.1. The van der Waals surface area contributed by atoms with Crippen molar-refractivity contribution in [2.75, 3.05) is 40.0 Å². The maximum Gasteiger partial charge on any atom is 0.413 e. The van der Waals surface area contributed by atoms with Crippen molar-refractivity contribution in [3.63, 3.8) is 0 Å². The first-order valence-corrected chi connectivity index (χ1v) is 10.7. The monoisotopic (exact) mass is 452 g/mol. The molecule has 0 saturated heterocycles. The predicted octanol–water partition coefficient (Wildman–Crippen LogP) is 3.59. The number of nitrogens with one attached hydrogen (secondary N) is 2. The minimum atomic E-state index is -0.478. The molecule has 4 N–H and O–H groups in total. The molecule has 166 valence electrons. The van der Waals surface area contributed by atoms with E-state index in [0.717, 1.165) is 33.8 Å². The Morgan fingerprint density at radius 1 is 1.25 bits per heavy atom. The van der Waals surface area contributed by atoms with E-state index in [4.69, 9.17) is 15.2 Å². The van der Waals surface area contributed by atoms with Gasteiger partial charge >= 0.3 is 6.09 Å². The summed E-state index contributed by atoms with van der Waals surface area (Å²) in [6.07, 6.45) is 1.21. The number of nitrogen functional groups attached to an aromatic ring is 1. The van der Waals surface area contributed by atoms with E-state index in [9.17, 15) is 4.79 Å². The SMILES string of the molecule is COc1ccc2nc(-c3cc(-c4ccc(OC(=O)NCCN(C)C)s4)cnc3N)[nH]c2c1. The van der Waals surface area contributed by atoms with E-state index < -0.39 is 6.09 Å². The summed E-state index contributed by atoms with van der Waals surface area (Å²) in [6, 6.07) is 11.2. The van der Waals surface area contributed by atoms with E-state index in [1.807, 2.05) is 49.3 Å². The average molecular weight is 453 g/mol. The van der Waals surface area contributed by atoms with E-state index >= 15 is 0 Å². The third-order valence-electron chi connectivity index (χ3n) is 4.75. The maximum atomic E-state index is 12.0. The molecule has 3 heterocycles. The number of aromatic nitrogens is 3. The molecule has 4 rings (SSSR count). The van der Waals surface area contributed by atoms with Crippen molar-refractivity contribution in [3.05, 3.63) is 42.6 Å². The van der Waals surface area contributed by atoms with Crippen LogP contribution in [0.3, 0.4) is 0 Å². The molecule has 0 aliphatic heterocycles. The Kier molecular flexibility index (Phi) is 6.24. The standard InChI is InChI=1S/C22H24N6O3S/c1-28(2)9-8-24-22(29)31-19-7-6-18(32-19)13-10-15(20(23)25-12-13)21-26-16-5-4-14(30-3)11-17(16)27-21/h4-7,10-12H,8-9H2,1-3H3,(H2,23,25)(H,24,29)(H,26,27). The summed E-state index contributed by atoms with van der Waals surface area (Å²) >= 11 is 1.35. The highest BCUT2D eigenvalue weighted by atomic mass is 32.1. The van der Waals surface area contributed by atoms with Gasteiger partial charge in [0.25, 0.3) is 0 Å². The Hall–Kier alpha value is -3.63. The molecule has 1 amide bonds. The molecule has 32 heavy (non-hydrogen) atoms. The van der Waals surface area contributed by atoms with Gasteiger partial charge in [0, 0.05) is 35.8 Å². The zero-order chi connectivity index (χ0) is 22.7. The number of thiophene rings is 1. The van der Waals surface area contributed by atoms with Crippen LogP contribution in [-0.4, -0.2) is 60.2 Å². The highest BCUT2D eigenvalue weighted by Crippen LogP contribution is 2.36. The van der Waals surface area contributed by atoms with Crippen LogP contribution in [0.2, 0.25) is 0 Å². The highest BCUT2D eigenvalue weighted by Gasteiger charge is 2.14.